The van der Waals surface area contributed by atoms with Crippen LogP contribution in [0, 0.1) is 17.6 Å². The Balaban J connectivity index is 1.46. The lowest BCUT2D eigenvalue weighted by molar-refractivity contribution is -0.275. The predicted molar refractivity (Wildman–Crippen MR) is 119 cm³/mol. The van der Waals surface area contributed by atoms with Crippen LogP contribution in [-0.2, 0) is 12.8 Å². The van der Waals surface area contributed by atoms with Crippen molar-refractivity contribution in [1.29, 1.82) is 0 Å². The van der Waals surface area contributed by atoms with E-state index in [0.29, 0.717) is 17.0 Å². The Labute approximate surface area is 191 Å². The zero-order chi connectivity index (χ0) is 23.6. The molecule has 4 rings (SSSR count). The molecule has 0 atom stereocenters. The van der Waals surface area contributed by atoms with Crippen molar-refractivity contribution in [3.63, 3.8) is 0 Å². The molecule has 0 N–H and O–H groups in total. The van der Waals surface area contributed by atoms with Crippen molar-refractivity contribution in [2.24, 2.45) is 5.92 Å². The molecule has 0 saturated heterocycles. The van der Waals surface area contributed by atoms with Crippen molar-refractivity contribution >= 4 is 5.57 Å². The molecular weight excluding hydrogens is 435 g/mol. The molecule has 0 aliphatic heterocycles. The maximum Gasteiger partial charge on any atom is 0.573 e. The molecule has 0 unspecified atom stereocenters. The lowest BCUT2D eigenvalue weighted by atomic mass is 9.76. The minimum absolute atomic E-state index is 0.0918. The predicted octanol–water partition coefficient (Wildman–Crippen LogP) is 8.51. The van der Waals surface area contributed by atoms with E-state index >= 15 is 4.39 Å². The summed E-state index contributed by atoms with van der Waals surface area (Å²) in [7, 11) is 0. The Hall–Kier alpha value is -2.37. The van der Waals surface area contributed by atoms with Crippen molar-refractivity contribution in [2.45, 2.75) is 77.0 Å². The molecule has 0 heterocycles. The number of hydrogen-bond acceptors (Lipinski definition) is 1. The first-order valence-electron chi connectivity index (χ1n) is 11.8. The van der Waals surface area contributed by atoms with Crippen LogP contribution in [0.3, 0.4) is 0 Å². The van der Waals surface area contributed by atoms with Gasteiger partial charge in [0.25, 0.3) is 0 Å². The number of allylic oxidation sites excluding steroid dienone is 2. The summed E-state index contributed by atoms with van der Waals surface area (Å²) in [6.45, 7) is 2.21. The van der Waals surface area contributed by atoms with Crippen LogP contribution in [0.2, 0.25) is 0 Å². The summed E-state index contributed by atoms with van der Waals surface area (Å²) in [6.07, 6.45) is 5.45. The van der Waals surface area contributed by atoms with E-state index in [0.717, 1.165) is 36.0 Å². The van der Waals surface area contributed by atoms with Gasteiger partial charge in [-0.2, -0.15) is 0 Å². The highest BCUT2D eigenvalue weighted by molar-refractivity contribution is 5.71. The Morgan fingerprint density at radius 3 is 2.42 bits per heavy atom. The van der Waals surface area contributed by atoms with E-state index in [1.807, 2.05) is 6.07 Å². The van der Waals surface area contributed by atoms with Crippen LogP contribution in [-0.4, -0.2) is 6.36 Å². The van der Waals surface area contributed by atoms with Crippen molar-refractivity contribution < 1.29 is 26.7 Å². The van der Waals surface area contributed by atoms with Crippen LogP contribution in [0.15, 0.2) is 36.4 Å². The molecule has 1 nitrogen and oxygen atoms in total. The summed E-state index contributed by atoms with van der Waals surface area (Å²) in [4.78, 5) is 0. The zero-order valence-electron chi connectivity index (χ0n) is 18.8. The molecule has 6 heteroatoms. The fraction of sp³-hybridized carbons (Fsp3) is 0.481. The monoisotopic (exact) mass is 464 g/mol. The molecule has 0 radical (unpaired) electrons. The van der Waals surface area contributed by atoms with Gasteiger partial charge in [-0.1, -0.05) is 50.5 Å². The molecule has 2 aliphatic carbocycles. The molecule has 0 bridgehead atoms. The summed E-state index contributed by atoms with van der Waals surface area (Å²) in [5.74, 6) is -0.967. The molecule has 0 aromatic heterocycles. The number of unbranched alkanes of at least 4 members (excludes halogenated alkanes) is 1. The number of halogens is 5. The fourth-order valence-corrected chi connectivity index (χ4v) is 5.26. The van der Waals surface area contributed by atoms with Crippen LogP contribution < -0.4 is 4.74 Å². The lowest BCUT2D eigenvalue weighted by Crippen LogP contribution is -2.19. The van der Waals surface area contributed by atoms with Gasteiger partial charge in [0.1, 0.15) is 5.82 Å². The largest absolute Gasteiger partial charge is 0.573 e. The average Bonchev–Trinajstić information content (AvgIpc) is 2.79. The summed E-state index contributed by atoms with van der Waals surface area (Å²) in [6, 6.07) is 7.83. The summed E-state index contributed by atoms with van der Waals surface area (Å²) < 4.78 is 70.8. The summed E-state index contributed by atoms with van der Waals surface area (Å²) in [5.41, 5.74) is 2.93. The third-order valence-corrected chi connectivity index (χ3v) is 7.09. The fourth-order valence-electron chi connectivity index (χ4n) is 5.26. The SMILES string of the molecule is CCCCC1CCC(c2ccc(C3=CCc4c(ccc(OC(F)(F)F)c4F)C3)c(F)c2)CC1. The van der Waals surface area contributed by atoms with Crippen molar-refractivity contribution in [3.8, 4) is 5.75 Å². The third kappa shape index (κ3) is 5.59. The van der Waals surface area contributed by atoms with Gasteiger partial charge in [-0.15, -0.1) is 13.2 Å². The number of ether oxygens (including phenoxy) is 1. The van der Waals surface area contributed by atoms with Crippen molar-refractivity contribution in [2.75, 3.05) is 0 Å². The molecule has 2 aromatic carbocycles. The van der Waals surface area contributed by atoms with Gasteiger partial charge in [0, 0.05) is 5.56 Å². The van der Waals surface area contributed by atoms with E-state index in [9.17, 15) is 17.6 Å². The van der Waals surface area contributed by atoms with E-state index in [-0.39, 0.29) is 24.2 Å². The van der Waals surface area contributed by atoms with Gasteiger partial charge in [0.2, 0.25) is 0 Å². The van der Waals surface area contributed by atoms with Crippen LogP contribution >= 0.6 is 0 Å². The summed E-state index contributed by atoms with van der Waals surface area (Å²) >= 11 is 0. The van der Waals surface area contributed by atoms with Gasteiger partial charge in [0.15, 0.2) is 11.6 Å². The van der Waals surface area contributed by atoms with Gasteiger partial charge >= 0.3 is 6.36 Å². The van der Waals surface area contributed by atoms with Gasteiger partial charge in [-0.25, -0.2) is 8.78 Å². The molecule has 2 aliphatic rings. The van der Waals surface area contributed by atoms with Crippen LogP contribution in [0.4, 0.5) is 22.0 Å². The molecule has 0 amide bonds. The number of benzene rings is 2. The standard InChI is InChI=1S/C27H29F5O/c1-2-3-4-17-5-7-18(8-6-17)19-9-12-22(24(28)16-19)20-10-13-23-21(15-20)11-14-25(26(23)29)33-27(30,31)32/h9-12,14,16-18H,2-8,13,15H2,1H3. The second-order valence-electron chi connectivity index (χ2n) is 9.27. The highest BCUT2D eigenvalue weighted by atomic mass is 19.4. The molecule has 1 saturated carbocycles. The van der Waals surface area contributed by atoms with E-state index in [1.54, 1.807) is 18.2 Å². The third-order valence-electron chi connectivity index (χ3n) is 7.09. The Morgan fingerprint density at radius 2 is 1.76 bits per heavy atom. The van der Waals surface area contributed by atoms with Gasteiger partial charge < -0.3 is 4.74 Å². The Kier molecular flexibility index (Phi) is 7.10. The number of fused-ring (bicyclic) bond motifs is 1. The minimum Gasteiger partial charge on any atom is -0.403 e. The van der Waals surface area contributed by atoms with Gasteiger partial charge in [-0.3, -0.25) is 0 Å². The zero-order valence-corrected chi connectivity index (χ0v) is 18.8. The number of alkyl halides is 3. The highest BCUT2D eigenvalue weighted by Gasteiger charge is 2.33. The van der Waals surface area contributed by atoms with Crippen LogP contribution in [0.25, 0.3) is 5.57 Å². The molecule has 2 aromatic rings. The van der Waals surface area contributed by atoms with Crippen molar-refractivity contribution in [1.82, 2.24) is 0 Å². The minimum atomic E-state index is -4.95. The van der Waals surface area contributed by atoms with Crippen LogP contribution in [0.1, 0.15) is 80.0 Å². The van der Waals surface area contributed by atoms with Gasteiger partial charge in [0.05, 0.1) is 0 Å². The highest BCUT2D eigenvalue weighted by Crippen LogP contribution is 2.40. The van der Waals surface area contributed by atoms with E-state index in [4.69, 9.17) is 0 Å². The number of hydrogen-bond donors (Lipinski definition) is 0. The van der Waals surface area contributed by atoms with E-state index in [2.05, 4.69) is 11.7 Å². The first-order chi connectivity index (χ1) is 15.7. The second kappa shape index (κ2) is 9.86. The Bertz CT molecular complexity index is 1020. The summed E-state index contributed by atoms with van der Waals surface area (Å²) in [5, 5.41) is 0. The van der Waals surface area contributed by atoms with E-state index in [1.165, 1.54) is 38.2 Å². The number of rotatable bonds is 6. The second-order valence-corrected chi connectivity index (χ2v) is 9.27. The smallest absolute Gasteiger partial charge is 0.403 e. The van der Waals surface area contributed by atoms with Crippen LogP contribution in [0.5, 0.6) is 5.75 Å². The first-order valence-corrected chi connectivity index (χ1v) is 11.8. The van der Waals surface area contributed by atoms with Crippen molar-refractivity contribution in [3.05, 3.63) is 70.3 Å². The maximum absolute atomic E-state index is 15.1. The Morgan fingerprint density at radius 1 is 1.00 bits per heavy atom. The molecule has 1 fully saturated rings. The van der Waals surface area contributed by atoms with E-state index < -0.39 is 17.9 Å². The first kappa shape index (κ1) is 23.8. The molecule has 0 spiro atoms. The van der Waals surface area contributed by atoms with Gasteiger partial charge in [-0.05, 0) is 84.8 Å². The molecule has 33 heavy (non-hydrogen) atoms. The molecular formula is C27H29F5O. The topological polar surface area (TPSA) is 9.23 Å². The average molecular weight is 465 g/mol. The quantitative estimate of drug-likeness (QED) is 0.389. The lowest BCUT2D eigenvalue weighted by Gasteiger charge is -2.29. The normalized spacial score (nSPS) is 20.8. The maximum atomic E-state index is 15.1. The molecule has 178 valence electrons.